The van der Waals surface area contributed by atoms with E-state index in [1.807, 2.05) is 13.8 Å². The van der Waals surface area contributed by atoms with Gasteiger partial charge in [-0.1, -0.05) is 44.0 Å². The lowest BCUT2D eigenvalue weighted by Crippen LogP contribution is -2.60. The molecule has 1 aromatic rings. The van der Waals surface area contributed by atoms with E-state index < -0.39 is 121 Å². The lowest BCUT2D eigenvalue weighted by Gasteiger charge is -2.33. The zero-order valence-corrected chi connectivity index (χ0v) is 36.3. The van der Waals surface area contributed by atoms with Crippen molar-refractivity contribution in [2.24, 2.45) is 11.3 Å². The molecule has 0 spiro atoms. The molecule has 2 aliphatic heterocycles. The fourth-order valence-corrected chi connectivity index (χ4v) is 7.93. The predicted molar refractivity (Wildman–Crippen MR) is 216 cm³/mol. The van der Waals surface area contributed by atoms with Gasteiger partial charge in [0.2, 0.25) is 41.4 Å². The first-order valence-electron chi connectivity index (χ1n) is 20.3. The number of carbonyl (C=O) groups excluding carboxylic acids is 7. The molecule has 7 amide bonds. The first-order valence-corrected chi connectivity index (χ1v) is 21.1. The van der Waals surface area contributed by atoms with E-state index in [1.165, 1.54) is 27.1 Å². The molecule has 21 heteroatoms. The van der Waals surface area contributed by atoms with Crippen molar-refractivity contribution in [1.29, 1.82) is 0 Å². The Morgan fingerprint density at radius 2 is 1.69 bits per heavy atom. The zero-order valence-electron chi connectivity index (χ0n) is 34.8. The van der Waals surface area contributed by atoms with Crippen LogP contribution in [-0.2, 0) is 44.7 Å². The molecule has 0 unspecified atom stereocenters. The van der Waals surface area contributed by atoms with Gasteiger partial charge in [-0.3, -0.25) is 33.6 Å². The van der Waals surface area contributed by atoms with Gasteiger partial charge in [0.05, 0.1) is 13.2 Å². The fraction of sp³-hybridized carbons (Fsp3) is 0.675. The van der Waals surface area contributed by atoms with Crippen molar-refractivity contribution in [3.05, 3.63) is 33.8 Å². The Bertz CT molecular complexity index is 1800. The Hall–Kier alpha value is -4.23. The van der Waals surface area contributed by atoms with E-state index >= 15 is 0 Å². The number of methoxy groups -OCH3 is 1. The quantitative estimate of drug-likeness (QED) is 0.198. The standard InChI is InChI=1S/C40H55Cl2F4N7O8/c1-6-26(48-36(58)31-18-24(43)19-53(31)38(60)39(12-13-39)40(44,45)46)33(55)49-27-9-7-8-14-47-32(54)29(20-61-5)51-35(57)30(17-22-16-23(41)10-11-25(22)42)52(4)37(59)28(15-21(2)3)50-34(27)56/h10-11,16,21,24,26-31H,6-9,12-15,17-20H2,1-5H3,(H,47,54)(H,48,58)(H,49,55)(H,50,56)(H,51,57)/t24-,26+,27+,28+,29-,30+,31+/m1/s1. The predicted octanol–water partition coefficient (Wildman–Crippen LogP) is 2.99. The number of likely N-dealkylation sites (tertiary alicyclic amines) is 1. The summed E-state index contributed by atoms with van der Waals surface area (Å²) in [6, 6.07) is -3.29. The average molecular weight is 909 g/mol. The van der Waals surface area contributed by atoms with Crippen molar-refractivity contribution in [3.63, 3.8) is 0 Å². The Morgan fingerprint density at radius 3 is 2.30 bits per heavy atom. The number of benzene rings is 1. The molecule has 1 aromatic carbocycles. The maximum absolute atomic E-state index is 14.6. The number of likely N-dealkylation sites (N-methyl/N-ethyl adjacent to an activating group) is 1. The maximum atomic E-state index is 14.6. The highest BCUT2D eigenvalue weighted by atomic mass is 35.5. The fourth-order valence-electron chi connectivity index (χ4n) is 7.54. The van der Waals surface area contributed by atoms with E-state index in [0.717, 1.165) is 4.90 Å². The smallest absolute Gasteiger partial charge is 0.382 e. The van der Waals surface area contributed by atoms with Crippen LogP contribution >= 0.6 is 23.2 Å². The molecule has 0 radical (unpaired) electrons. The first kappa shape index (κ1) is 49.4. The highest BCUT2D eigenvalue weighted by Crippen LogP contribution is 2.59. The van der Waals surface area contributed by atoms with Crippen LogP contribution in [-0.4, -0.2) is 134 Å². The minimum Gasteiger partial charge on any atom is -0.382 e. The second-order valence-corrected chi connectivity index (χ2v) is 17.2. The molecule has 15 nitrogen and oxygen atoms in total. The molecule has 2 heterocycles. The van der Waals surface area contributed by atoms with Crippen molar-refractivity contribution in [2.45, 2.75) is 127 Å². The summed E-state index contributed by atoms with van der Waals surface area (Å²) in [6.07, 6.45) is -7.71. The summed E-state index contributed by atoms with van der Waals surface area (Å²) in [6.45, 7) is 4.34. The number of rotatable bonds is 12. The van der Waals surface area contributed by atoms with Crippen LogP contribution in [0, 0.1) is 11.3 Å². The number of hydrogen-bond donors (Lipinski definition) is 5. The second-order valence-electron chi connectivity index (χ2n) is 16.3. The number of alkyl halides is 4. The average Bonchev–Trinajstić information content (AvgIpc) is 3.93. The normalized spacial score (nSPS) is 26.0. The van der Waals surface area contributed by atoms with Crippen LogP contribution in [0.5, 0.6) is 0 Å². The van der Waals surface area contributed by atoms with Crippen molar-refractivity contribution < 1.29 is 55.9 Å². The summed E-state index contributed by atoms with van der Waals surface area (Å²) in [5, 5.41) is 13.8. The van der Waals surface area contributed by atoms with Gasteiger partial charge in [0.1, 0.15) is 47.8 Å². The molecule has 1 aliphatic carbocycles. The summed E-state index contributed by atoms with van der Waals surface area (Å²) in [5.41, 5.74) is -2.25. The summed E-state index contributed by atoms with van der Waals surface area (Å²) in [7, 11) is 2.72. The molecule has 340 valence electrons. The van der Waals surface area contributed by atoms with E-state index in [0.29, 0.717) is 21.9 Å². The minimum absolute atomic E-state index is 0.00165. The molecule has 7 atom stereocenters. The molecule has 61 heavy (non-hydrogen) atoms. The van der Waals surface area contributed by atoms with E-state index in [-0.39, 0.29) is 56.2 Å². The number of amides is 7. The van der Waals surface area contributed by atoms with Crippen LogP contribution in [0.1, 0.15) is 77.7 Å². The van der Waals surface area contributed by atoms with Crippen LogP contribution in [0.3, 0.4) is 0 Å². The molecule has 0 aromatic heterocycles. The van der Waals surface area contributed by atoms with Gasteiger partial charge in [0, 0.05) is 43.6 Å². The number of carbonyl (C=O) groups is 7. The second kappa shape index (κ2) is 21.2. The number of ether oxygens (including phenoxy) is 1. The molecule has 3 aliphatic rings. The van der Waals surface area contributed by atoms with Gasteiger partial charge < -0.3 is 41.1 Å². The number of nitrogens with one attached hydrogen (secondary N) is 5. The summed E-state index contributed by atoms with van der Waals surface area (Å²) in [4.78, 5) is 97.8. The zero-order chi connectivity index (χ0) is 45.4. The summed E-state index contributed by atoms with van der Waals surface area (Å²) < 4.78 is 61.2. The summed E-state index contributed by atoms with van der Waals surface area (Å²) >= 11 is 12.7. The molecule has 1 saturated carbocycles. The van der Waals surface area contributed by atoms with Gasteiger partial charge in [-0.2, -0.15) is 13.2 Å². The van der Waals surface area contributed by atoms with Crippen LogP contribution < -0.4 is 26.6 Å². The molecule has 5 N–H and O–H groups in total. The van der Waals surface area contributed by atoms with Gasteiger partial charge in [-0.25, -0.2) is 4.39 Å². The van der Waals surface area contributed by atoms with Gasteiger partial charge in [-0.15, -0.1) is 0 Å². The summed E-state index contributed by atoms with van der Waals surface area (Å²) in [5.74, 6) is -6.18. The van der Waals surface area contributed by atoms with E-state index in [1.54, 1.807) is 12.1 Å². The molecule has 3 fully saturated rings. The third kappa shape index (κ3) is 12.5. The van der Waals surface area contributed by atoms with Crippen LogP contribution in [0.15, 0.2) is 18.2 Å². The minimum atomic E-state index is -4.88. The van der Waals surface area contributed by atoms with Crippen LogP contribution in [0.2, 0.25) is 10.0 Å². The Balaban J connectivity index is 1.59. The van der Waals surface area contributed by atoms with Gasteiger partial charge in [0.15, 0.2) is 0 Å². The first-order chi connectivity index (χ1) is 28.6. The monoisotopic (exact) mass is 907 g/mol. The van der Waals surface area contributed by atoms with Crippen molar-refractivity contribution in [3.8, 4) is 0 Å². The third-order valence-corrected chi connectivity index (χ3v) is 11.8. The lowest BCUT2D eigenvalue weighted by molar-refractivity contribution is -0.199. The van der Waals surface area contributed by atoms with E-state index in [2.05, 4.69) is 26.6 Å². The Labute approximate surface area is 362 Å². The van der Waals surface area contributed by atoms with Gasteiger partial charge >= 0.3 is 6.18 Å². The van der Waals surface area contributed by atoms with Crippen molar-refractivity contribution in [1.82, 2.24) is 36.4 Å². The number of hydrogen-bond acceptors (Lipinski definition) is 8. The number of halogens is 6. The molecule has 2 saturated heterocycles. The highest BCUT2D eigenvalue weighted by molar-refractivity contribution is 6.33. The van der Waals surface area contributed by atoms with Crippen molar-refractivity contribution in [2.75, 3.05) is 33.9 Å². The molecular formula is C40H55Cl2F4N7O8. The van der Waals surface area contributed by atoms with Crippen LogP contribution in [0.4, 0.5) is 17.6 Å². The third-order valence-electron chi connectivity index (χ3n) is 11.2. The van der Waals surface area contributed by atoms with Crippen molar-refractivity contribution >= 4 is 64.6 Å². The maximum Gasteiger partial charge on any atom is 0.403 e. The molecule has 0 bridgehead atoms. The molecule has 4 rings (SSSR count). The van der Waals surface area contributed by atoms with E-state index in [9.17, 15) is 51.1 Å². The molecular weight excluding hydrogens is 853 g/mol. The van der Waals surface area contributed by atoms with Gasteiger partial charge in [0.25, 0.3) is 0 Å². The number of nitrogens with zero attached hydrogens (tertiary/aromatic N) is 2. The Kier molecular flexibility index (Phi) is 17.2. The SMILES string of the molecule is CC[C@H](NC(=O)[C@@H]1C[C@@H](F)CN1C(=O)C1(C(F)(F)F)CC1)C(=O)N[C@H]1CCCCNC(=O)[C@@H](COC)NC(=O)[C@H](Cc2cc(Cl)ccc2Cl)N(C)C(=O)[C@H](CC(C)C)NC1=O. The highest BCUT2D eigenvalue weighted by Gasteiger charge is 2.70. The lowest BCUT2D eigenvalue weighted by atomic mass is 9.98. The topological polar surface area (TPSA) is 195 Å². The Morgan fingerprint density at radius 1 is 1.02 bits per heavy atom. The van der Waals surface area contributed by atoms with Gasteiger partial charge in [-0.05, 0) is 74.6 Å². The van der Waals surface area contributed by atoms with Crippen LogP contribution in [0.25, 0.3) is 0 Å². The van der Waals surface area contributed by atoms with E-state index in [4.69, 9.17) is 27.9 Å². The largest absolute Gasteiger partial charge is 0.403 e.